The van der Waals surface area contributed by atoms with Crippen molar-refractivity contribution >= 4 is 11.6 Å². The molecule has 0 aliphatic heterocycles. The van der Waals surface area contributed by atoms with Gasteiger partial charge in [0.25, 0.3) is 0 Å². The van der Waals surface area contributed by atoms with Gasteiger partial charge in [0.2, 0.25) is 0 Å². The van der Waals surface area contributed by atoms with Crippen LogP contribution >= 0.6 is 11.6 Å². The van der Waals surface area contributed by atoms with E-state index in [0.717, 1.165) is 11.1 Å². The Balaban J connectivity index is 2.09. The van der Waals surface area contributed by atoms with E-state index in [1.807, 2.05) is 42.5 Å². The Kier molecular flexibility index (Phi) is 3.60. The Morgan fingerprint density at radius 3 is 2.19 bits per heavy atom. The molecule has 0 saturated carbocycles. The van der Waals surface area contributed by atoms with E-state index in [1.165, 1.54) is 0 Å². The van der Waals surface area contributed by atoms with E-state index in [4.69, 9.17) is 11.6 Å². The van der Waals surface area contributed by atoms with Crippen molar-refractivity contribution < 1.29 is 5.11 Å². The second kappa shape index (κ2) is 5.15. The summed E-state index contributed by atoms with van der Waals surface area (Å²) in [5.41, 5.74) is 2.03. The van der Waals surface area contributed by atoms with Gasteiger partial charge in [0.05, 0.1) is 6.10 Å². The van der Waals surface area contributed by atoms with Gasteiger partial charge in [0.15, 0.2) is 0 Å². The zero-order chi connectivity index (χ0) is 11.4. The smallest absolute Gasteiger partial charge is 0.0830 e. The first-order chi connectivity index (χ1) is 7.75. The molecule has 0 saturated heterocycles. The molecule has 2 aromatic carbocycles. The molecule has 0 bridgehead atoms. The van der Waals surface area contributed by atoms with Gasteiger partial charge in [0.1, 0.15) is 0 Å². The highest BCUT2D eigenvalue weighted by Gasteiger charge is 2.07. The highest BCUT2D eigenvalue weighted by Crippen LogP contribution is 2.20. The van der Waals surface area contributed by atoms with E-state index in [9.17, 15) is 5.11 Å². The zero-order valence-electron chi connectivity index (χ0n) is 8.81. The van der Waals surface area contributed by atoms with Gasteiger partial charge < -0.3 is 5.11 Å². The van der Waals surface area contributed by atoms with Crippen LogP contribution in [0.25, 0.3) is 0 Å². The largest absolute Gasteiger partial charge is 0.388 e. The molecule has 1 atom stereocenters. The van der Waals surface area contributed by atoms with E-state index in [-0.39, 0.29) is 0 Å². The predicted molar refractivity (Wildman–Crippen MR) is 66.6 cm³/mol. The van der Waals surface area contributed by atoms with E-state index in [1.54, 1.807) is 12.1 Å². The molecule has 1 nitrogen and oxygen atoms in total. The molecule has 0 amide bonds. The van der Waals surface area contributed by atoms with Crippen LogP contribution in [-0.4, -0.2) is 5.11 Å². The van der Waals surface area contributed by atoms with Crippen molar-refractivity contribution in [2.45, 2.75) is 12.5 Å². The quantitative estimate of drug-likeness (QED) is 0.857. The van der Waals surface area contributed by atoms with E-state index >= 15 is 0 Å². The van der Waals surface area contributed by atoms with Crippen LogP contribution in [0, 0.1) is 0 Å². The fourth-order valence-corrected chi connectivity index (χ4v) is 1.77. The number of aliphatic hydroxyl groups excluding tert-OH is 1. The molecule has 0 heterocycles. The lowest BCUT2D eigenvalue weighted by molar-refractivity contribution is 0.178. The van der Waals surface area contributed by atoms with Crippen molar-refractivity contribution in [3.63, 3.8) is 0 Å². The van der Waals surface area contributed by atoms with Gasteiger partial charge in [-0.1, -0.05) is 54.1 Å². The molecule has 0 spiro atoms. The van der Waals surface area contributed by atoms with Gasteiger partial charge in [-0.05, 0) is 23.3 Å². The Bertz CT molecular complexity index is 436. The van der Waals surface area contributed by atoms with E-state index in [0.29, 0.717) is 11.4 Å². The first-order valence-electron chi connectivity index (χ1n) is 5.23. The highest BCUT2D eigenvalue weighted by molar-refractivity contribution is 6.30. The van der Waals surface area contributed by atoms with Crippen LogP contribution in [0.2, 0.25) is 5.02 Å². The summed E-state index contributed by atoms with van der Waals surface area (Å²) in [5, 5.41) is 10.7. The second-order valence-corrected chi connectivity index (χ2v) is 4.19. The number of halogens is 1. The number of benzene rings is 2. The van der Waals surface area contributed by atoms with Crippen LogP contribution < -0.4 is 0 Å². The molecule has 1 unspecified atom stereocenters. The molecular weight excluding hydrogens is 220 g/mol. The van der Waals surface area contributed by atoms with Gasteiger partial charge in [-0.3, -0.25) is 0 Å². The summed E-state index contributed by atoms with van der Waals surface area (Å²) in [6.45, 7) is 0. The lowest BCUT2D eigenvalue weighted by atomic mass is 10.0. The van der Waals surface area contributed by atoms with Crippen molar-refractivity contribution in [3.05, 3.63) is 70.7 Å². The summed E-state index contributed by atoms with van der Waals surface area (Å²) >= 11 is 5.79. The fraction of sp³-hybridized carbons (Fsp3) is 0.143. The van der Waals surface area contributed by atoms with Crippen LogP contribution in [-0.2, 0) is 6.42 Å². The fourth-order valence-electron chi connectivity index (χ4n) is 1.64. The molecule has 82 valence electrons. The van der Waals surface area contributed by atoms with Crippen LogP contribution in [0.4, 0.5) is 0 Å². The Morgan fingerprint density at radius 2 is 1.56 bits per heavy atom. The third-order valence-electron chi connectivity index (χ3n) is 2.53. The third-order valence-corrected chi connectivity index (χ3v) is 2.78. The molecule has 2 rings (SSSR count). The molecule has 0 fully saturated rings. The maximum Gasteiger partial charge on any atom is 0.0830 e. The lowest BCUT2D eigenvalue weighted by Crippen LogP contribution is -2.01. The van der Waals surface area contributed by atoms with Gasteiger partial charge in [0, 0.05) is 11.4 Å². The molecule has 1 N–H and O–H groups in total. The minimum Gasteiger partial charge on any atom is -0.388 e. The van der Waals surface area contributed by atoms with Crippen LogP contribution in [0.5, 0.6) is 0 Å². The normalized spacial score (nSPS) is 12.4. The third kappa shape index (κ3) is 2.84. The molecule has 0 radical (unpaired) electrons. The first kappa shape index (κ1) is 11.2. The molecule has 0 aliphatic carbocycles. The van der Waals surface area contributed by atoms with Gasteiger partial charge >= 0.3 is 0 Å². The first-order valence-corrected chi connectivity index (χ1v) is 5.61. The number of hydrogen-bond acceptors (Lipinski definition) is 1. The minimum absolute atomic E-state index is 0.473. The molecule has 0 aliphatic rings. The molecular formula is C14H13ClO. The molecule has 0 aromatic heterocycles. The van der Waals surface area contributed by atoms with Crippen molar-refractivity contribution in [1.29, 1.82) is 0 Å². The van der Waals surface area contributed by atoms with E-state index < -0.39 is 6.10 Å². The van der Waals surface area contributed by atoms with Crippen LogP contribution in [0.3, 0.4) is 0 Å². The standard InChI is InChI=1S/C14H13ClO/c15-13-8-6-12(7-9-13)14(16)10-11-4-2-1-3-5-11/h1-9,14,16H,10H2. The van der Waals surface area contributed by atoms with Crippen molar-refractivity contribution in [2.75, 3.05) is 0 Å². The maximum absolute atomic E-state index is 10.0. The highest BCUT2D eigenvalue weighted by atomic mass is 35.5. The molecule has 16 heavy (non-hydrogen) atoms. The Hall–Kier alpha value is -1.31. The van der Waals surface area contributed by atoms with Crippen LogP contribution in [0.1, 0.15) is 17.2 Å². The number of rotatable bonds is 3. The van der Waals surface area contributed by atoms with Gasteiger partial charge in [-0.25, -0.2) is 0 Å². The summed E-state index contributed by atoms with van der Waals surface area (Å²) in [5.74, 6) is 0. The summed E-state index contributed by atoms with van der Waals surface area (Å²) < 4.78 is 0. The molecule has 2 aromatic rings. The minimum atomic E-state index is -0.473. The average Bonchev–Trinajstić information content (AvgIpc) is 2.31. The summed E-state index contributed by atoms with van der Waals surface area (Å²) in [6, 6.07) is 17.3. The predicted octanol–water partition coefficient (Wildman–Crippen LogP) is 3.62. The molecule has 2 heteroatoms. The van der Waals surface area contributed by atoms with Crippen LogP contribution in [0.15, 0.2) is 54.6 Å². The van der Waals surface area contributed by atoms with E-state index in [2.05, 4.69) is 0 Å². The van der Waals surface area contributed by atoms with Crippen molar-refractivity contribution in [2.24, 2.45) is 0 Å². The van der Waals surface area contributed by atoms with Crippen molar-refractivity contribution in [1.82, 2.24) is 0 Å². The Morgan fingerprint density at radius 1 is 0.938 bits per heavy atom. The topological polar surface area (TPSA) is 20.2 Å². The monoisotopic (exact) mass is 232 g/mol. The lowest BCUT2D eigenvalue weighted by Gasteiger charge is -2.10. The second-order valence-electron chi connectivity index (χ2n) is 3.76. The SMILES string of the molecule is OC(Cc1ccccc1)c1ccc(Cl)cc1. The Labute approximate surface area is 100 Å². The zero-order valence-corrected chi connectivity index (χ0v) is 9.56. The summed E-state index contributed by atoms with van der Waals surface area (Å²) in [7, 11) is 0. The summed E-state index contributed by atoms with van der Waals surface area (Å²) in [4.78, 5) is 0. The summed E-state index contributed by atoms with van der Waals surface area (Å²) in [6.07, 6.45) is 0.155. The van der Waals surface area contributed by atoms with Gasteiger partial charge in [-0.2, -0.15) is 0 Å². The number of aliphatic hydroxyl groups is 1. The maximum atomic E-state index is 10.0. The van der Waals surface area contributed by atoms with Crippen molar-refractivity contribution in [3.8, 4) is 0 Å². The van der Waals surface area contributed by atoms with Gasteiger partial charge in [-0.15, -0.1) is 0 Å². The average molecular weight is 233 g/mol. The number of hydrogen-bond donors (Lipinski definition) is 1.